The van der Waals surface area contributed by atoms with Crippen molar-refractivity contribution in [1.82, 2.24) is 30.3 Å². The number of fused-ring (bicyclic) bond motifs is 1. The van der Waals surface area contributed by atoms with Crippen LogP contribution in [0.3, 0.4) is 0 Å². The lowest BCUT2D eigenvalue weighted by molar-refractivity contribution is -0.122. The van der Waals surface area contributed by atoms with Gasteiger partial charge in [-0.25, -0.2) is 14.5 Å². The van der Waals surface area contributed by atoms with Crippen LogP contribution in [-0.4, -0.2) is 43.7 Å². The molecule has 0 saturated heterocycles. The predicted octanol–water partition coefficient (Wildman–Crippen LogP) is 5.22. The molecule has 0 radical (unpaired) electrons. The minimum absolute atomic E-state index is 0.0149. The molecule has 3 amide bonds. The summed E-state index contributed by atoms with van der Waals surface area (Å²) in [4.78, 5) is 32.2. The lowest BCUT2D eigenvalue weighted by Gasteiger charge is -2.34. The molecule has 8 heteroatoms. The smallest absolute Gasteiger partial charge is 0.318 e. The summed E-state index contributed by atoms with van der Waals surface area (Å²) in [5.41, 5.74) is 7.44. The molecule has 1 aliphatic heterocycles. The first-order valence-electron chi connectivity index (χ1n) is 14.3. The molecule has 1 fully saturated rings. The van der Waals surface area contributed by atoms with E-state index in [1.165, 1.54) is 17.5 Å². The molecule has 0 bridgehead atoms. The van der Waals surface area contributed by atoms with Gasteiger partial charge in [0.25, 0.3) is 0 Å². The molecular formula is C33H36N6O2. The van der Waals surface area contributed by atoms with Gasteiger partial charge in [-0.1, -0.05) is 54.6 Å². The fraction of sp³-hybridized carbons (Fsp3) is 0.333. The van der Waals surface area contributed by atoms with Crippen LogP contribution in [0.4, 0.5) is 4.79 Å². The van der Waals surface area contributed by atoms with Crippen molar-refractivity contribution in [3.63, 3.8) is 0 Å². The van der Waals surface area contributed by atoms with Crippen molar-refractivity contribution in [2.24, 2.45) is 5.92 Å². The molecule has 1 unspecified atom stereocenters. The van der Waals surface area contributed by atoms with Crippen LogP contribution in [0.5, 0.6) is 0 Å². The van der Waals surface area contributed by atoms with Crippen molar-refractivity contribution in [3.05, 3.63) is 102 Å². The van der Waals surface area contributed by atoms with Crippen molar-refractivity contribution in [1.29, 1.82) is 0 Å². The minimum atomic E-state index is -0.322. The van der Waals surface area contributed by atoms with Crippen LogP contribution in [0.2, 0.25) is 0 Å². The summed E-state index contributed by atoms with van der Waals surface area (Å²) < 4.78 is 1.75. The average Bonchev–Trinajstić information content (AvgIpc) is 3.59. The van der Waals surface area contributed by atoms with E-state index in [9.17, 15) is 9.59 Å². The maximum absolute atomic E-state index is 13.1. The second kappa shape index (κ2) is 10.8. The molecule has 3 aromatic carbocycles. The molecule has 1 aliphatic carbocycles. The van der Waals surface area contributed by atoms with Gasteiger partial charge in [-0.2, -0.15) is 5.10 Å². The van der Waals surface area contributed by atoms with E-state index in [4.69, 9.17) is 0 Å². The van der Waals surface area contributed by atoms with Crippen LogP contribution in [0.15, 0.2) is 79.4 Å². The Balaban J connectivity index is 1.27. The number of rotatable bonds is 6. The standard InChI is InChI=1S/C33H36N6O2/c1-33(2,3)37-32(41)38-15-14-27-26(23-10-7-11-25(16-23)39-21-34-20-36-39)13-12-24(30(27)19-38)18-35-31(40)29-17-28(29)22-8-5-4-6-9-22/h4-13,16,20-21,28-29H,14-15,17-19H2,1-3H3,(H,35,40)(H,37,41)/t28-,29?/m1/s1. The Morgan fingerprint density at radius 3 is 2.59 bits per heavy atom. The summed E-state index contributed by atoms with van der Waals surface area (Å²) in [6, 6.07) is 22.7. The molecule has 8 nitrogen and oxygen atoms in total. The summed E-state index contributed by atoms with van der Waals surface area (Å²) in [6.45, 7) is 7.53. The number of benzene rings is 3. The Labute approximate surface area is 240 Å². The second-order valence-corrected chi connectivity index (χ2v) is 12.0. The summed E-state index contributed by atoms with van der Waals surface area (Å²) in [5, 5.41) is 10.6. The molecule has 2 atom stereocenters. The highest BCUT2D eigenvalue weighted by Gasteiger charge is 2.43. The lowest BCUT2D eigenvalue weighted by Crippen LogP contribution is -2.50. The van der Waals surface area contributed by atoms with Gasteiger partial charge in [-0.3, -0.25) is 4.79 Å². The van der Waals surface area contributed by atoms with Gasteiger partial charge in [-0.05, 0) is 85.0 Å². The fourth-order valence-electron chi connectivity index (χ4n) is 5.77. The van der Waals surface area contributed by atoms with E-state index in [0.717, 1.165) is 40.8 Å². The largest absolute Gasteiger partial charge is 0.352 e. The first-order valence-corrected chi connectivity index (χ1v) is 14.3. The number of amides is 3. The lowest BCUT2D eigenvalue weighted by atomic mass is 9.87. The molecule has 1 saturated carbocycles. The van der Waals surface area contributed by atoms with E-state index in [-0.39, 0.29) is 23.4 Å². The molecule has 2 N–H and O–H groups in total. The summed E-state index contributed by atoms with van der Waals surface area (Å²) in [6.07, 6.45) is 4.83. The van der Waals surface area contributed by atoms with E-state index in [1.54, 1.807) is 11.0 Å². The van der Waals surface area contributed by atoms with Gasteiger partial charge < -0.3 is 15.5 Å². The summed E-state index contributed by atoms with van der Waals surface area (Å²) >= 11 is 0. The average molecular weight is 549 g/mol. The Morgan fingerprint density at radius 1 is 1.00 bits per heavy atom. The fourth-order valence-corrected chi connectivity index (χ4v) is 5.77. The number of hydrogen-bond donors (Lipinski definition) is 2. The van der Waals surface area contributed by atoms with E-state index >= 15 is 0 Å². The molecule has 2 heterocycles. The molecule has 1 aromatic heterocycles. The highest BCUT2D eigenvalue weighted by Crippen LogP contribution is 2.47. The topological polar surface area (TPSA) is 92.2 Å². The molecule has 41 heavy (non-hydrogen) atoms. The highest BCUT2D eigenvalue weighted by atomic mass is 16.2. The van der Waals surface area contributed by atoms with Crippen LogP contribution in [0.1, 0.15) is 55.4 Å². The zero-order valence-electron chi connectivity index (χ0n) is 23.8. The Morgan fingerprint density at radius 2 is 1.83 bits per heavy atom. The first-order chi connectivity index (χ1) is 19.8. The van der Waals surface area contributed by atoms with Gasteiger partial charge in [0.1, 0.15) is 12.7 Å². The summed E-state index contributed by atoms with van der Waals surface area (Å²) in [7, 11) is 0. The van der Waals surface area contributed by atoms with Gasteiger partial charge in [0.05, 0.1) is 5.69 Å². The number of aromatic nitrogens is 3. The van der Waals surface area contributed by atoms with Gasteiger partial charge in [0.2, 0.25) is 5.91 Å². The molecular weight excluding hydrogens is 512 g/mol. The third-order valence-corrected chi connectivity index (χ3v) is 7.93. The van der Waals surface area contributed by atoms with Gasteiger partial charge in [0.15, 0.2) is 0 Å². The molecule has 4 aromatic rings. The van der Waals surface area contributed by atoms with Crippen molar-refractivity contribution in [2.75, 3.05) is 6.54 Å². The first kappa shape index (κ1) is 26.7. The third kappa shape index (κ3) is 5.87. The second-order valence-electron chi connectivity index (χ2n) is 12.0. The molecule has 0 spiro atoms. The SMILES string of the molecule is CC(C)(C)NC(=O)N1CCc2c(-c3cccc(-n4cncn4)c3)ccc(CNC(=O)C3C[C@@H]3c3ccccc3)c2C1. The highest BCUT2D eigenvalue weighted by molar-refractivity contribution is 5.83. The maximum atomic E-state index is 13.1. The third-order valence-electron chi connectivity index (χ3n) is 7.93. The molecule has 2 aliphatic rings. The van der Waals surface area contributed by atoms with Gasteiger partial charge in [0, 0.05) is 31.1 Å². The van der Waals surface area contributed by atoms with Crippen molar-refractivity contribution >= 4 is 11.9 Å². The predicted molar refractivity (Wildman–Crippen MR) is 158 cm³/mol. The van der Waals surface area contributed by atoms with E-state index in [1.807, 2.05) is 56.0 Å². The Bertz CT molecular complexity index is 1560. The van der Waals surface area contributed by atoms with Gasteiger partial charge >= 0.3 is 6.03 Å². The molecule has 6 rings (SSSR count). The Kier molecular flexibility index (Phi) is 7.07. The number of nitrogens with zero attached hydrogens (tertiary/aromatic N) is 4. The zero-order chi connectivity index (χ0) is 28.6. The molecule has 210 valence electrons. The number of carbonyl (C=O) groups excluding carboxylic acids is 2. The van der Waals surface area contributed by atoms with Gasteiger partial charge in [-0.15, -0.1) is 0 Å². The number of nitrogens with one attached hydrogen (secondary N) is 2. The number of carbonyl (C=O) groups is 2. The normalized spacial score (nSPS) is 18.0. The van der Waals surface area contributed by atoms with Crippen molar-refractivity contribution < 1.29 is 9.59 Å². The number of urea groups is 1. The monoisotopic (exact) mass is 548 g/mol. The van der Waals surface area contributed by atoms with Crippen LogP contribution in [0, 0.1) is 5.92 Å². The van der Waals surface area contributed by atoms with E-state index in [0.29, 0.717) is 25.6 Å². The maximum Gasteiger partial charge on any atom is 0.318 e. The van der Waals surface area contributed by atoms with Crippen LogP contribution < -0.4 is 10.6 Å². The van der Waals surface area contributed by atoms with E-state index < -0.39 is 0 Å². The quantitative estimate of drug-likeness (QED) is 0.346. The Hall–Kier alpha value is -4.46. The van der Waals surface area contributed by atoms with Crippen LogP contribution in [0.25, 0.3) is 16.8 Å². The van der Waals surface area contributed by atoms with Crippen molar-refractivity contribution in [3.8, 4) is 16.8 Å². The number of hydrogen-bond acceptors (Lipinski definition) is 4. The van der Waals surface area contributed by atoms with E-state index in [2.05, 4.69) is 57.1 Å². The minimum Gasteiger partial charge on any atom is -0.352 e. The van der Waals surface area contributed by atoms with Crippen LogP contribution in [-0.2, 0) is 24.3 Å². The zero-order valence-corrected chi connectivity index (χ0v) is 23.8. The van der Waals surface area contributed by atoms with Crippen molar-refractivity contribution in [2.45, 2.75) is 58.2 Å². The summed E-state index contributed by atoms with van der Waals surface area (Å²) in [5.74, 6) is 0.401. The van der Waals surface area contributed by atoms with Crippen LogP contribution >= 0.6 is 0 Å².